The molecular formula is C15H20N2O. The standard InChI is InChI=1S/C15H20N2O/c16-11-13-4-6-14(7-5-13)12-18-10-8-15-3-1-2-9-17-15/h4-7,15,17H,1-3,8-10,12H2. The Hall–Kier alpha value is -1.37. The molecule has 0 bridgehead atoms. The zero-order valence-corrected chi connectivity index (χ0v) is 10.7. The molecule has 1 atom stereocenters. The van der Waals surface area contributed by atoms with Crippen LogP contribution in [0.3, 0.4) is 0 Å². The van der Waals surface area contributed by atoms with Crippen molar-refractivity contribution < 1.29 is 4.74 Å². The summed E-state index contributed by atoms with van der Waals surface area (Å²) in [5.41, 5.74) is 1.83. The molecule has 3 heteroatoms. The van der Waals surface area contributed by atoms with Gasteiger partial charge in [0.25, 0.3) is 0 Å². The van der Waals surface area contributed by atoms with Crippen molar-refractivity contribution in [1.82, 2.24) is 5.32 Å². The maximum atomic E-state index is 8.70. The van der Waals surface area contributed by atoms with Crippen molar-refractivity contribution in [2.24, 2.45) is 0 Å². The quantitative estimate of drug-likeness (QED) is 0.810. The molecule has 0 aromatic heterocycles. The van der Waals surface area contributed by atoms with E-state index >= 15 is 0 Å². The molecule has 2 rings (SSSR count). The zero-order chi connectivity index (χ0) is 12.6. The Morgan fingerprint density at radius 3 is 2.78 bits per heavy atom. The molecule has 0 amide bonds. The van der Waals surface area contributed by atoms with Gasteiger partial charge in [0.05, 0.1) is 18.2 Å². The molecule has 0 saturated carbocycles. The van der Waals surface area contributed by atoms with E-state index in [1.54, 1.807) is 0 Å². The van der Waals surface area contributed by atoms with E-state index in [0.717, 1.165) is 25.1 Å². The minimum atomic E-state index is 0.637. The normalized spacial score (nSPS) is 19.4. The van der Waals surface area contributed by atoms with Crippen molar-refractivity contribution in [3.05, 3.63) is 35.4 Å². The number of hydrogen-bond acceptors (Lipinski definition) is 3. The summed E-state index contributed by atoms with van der Waals surface area (Å²) in [6, 6.07) is 10.3. The van der Waals surface area contributed by atoms with Gasteiger partial charge in [-0.1, -0.05) is 18.6 Å². The maximum Gasteiger partial charge on any atom is 0.0991 e. The number of piperidine rings is 1. The van der Waals surface area contributed by atoms with Crippen LogP contribution in [0.15, 0.2) is 24.3 Å². The predicted molar refractivity (Wildman–Crippen MR) is 71.1 cm³/mol. The van der Waals surface area contributed by atoms with Gasteiger partial charge < -0.3 is 10.1 Å². The summed E-state index contributed by atoms with van der Waals surface area (Å²) in [5, 5.41) is 12.2. The lowest BCUT2D eigenvalue weighted by atomic mass is 10.0. The molecule has 1 heterocycles. The van der Waals surface area contributed by atoms with Crippen molar-refractivity contribution in [2.75, 3.05) is 13.2 Å². The highest BCUT2D eigenvalue weighted by molar-refractivity contribution is 5.31. The van der Waals surface area contributed by atoms with E-state index in [1.807, 2.05) is 24.3 Å². The van der Waals surface area contributed by atoms with Crippen LogP contribution in [-0.2, 0) is 11.3 Å². The Morgan fingerprint density at radius 1 is 1.28 bits per heavy atom. The van der Waals surface area contributed by atoms with E-state index in [2.05, 4.69) is 11.4 Å². The highest BCUT2D eigenvalue weighted by atomic mass is 16.5. The molecule has 1 aliphatic rings. The third kappa shape index (κ3) is 4.14. The number of ether oxygens (including phenoxy) is 1. The minimum absolute atomic E-state index is 0.637. The molecule has 0 radical (unpaired) electrons. The lowest BCUT2D eigenvalue weighted by Crippen LogP contribution is -2.34. The monoisotopic (exact) mass is 244 g/mol. The lowest BCUT2D eigenvalue weighted by Gasteiger charge is -2.23. The topological polar surface area (TPSA) is 45.0 Å². The number of benzene rings is 1. The van der Waals surface area contributed by atoms with Gasteiger partial charge in [0.15, 0.2) is 0 Å². The van der Waals surface area contributed by atoms with Crippen LogP contribution in [0.5, 0.6) is 0 Å². The molecule has 1 aromatic carbocycles. The molecule has 96 valence electrons. The first kappa shape index (κ1) is 13.1. The molecular weight excluding hydrogens is 224 g/mol. The summed E-state index contributed by atoms with van der Waals surface area (Å²) in [6.45, 7) is 2.59. The van der Waals surface area contributed by atoms with Gasteiger partial charge in [-0.3, -0.25) is 0 Å². The van der Waals surface area contributed by atoms with Crippen LogP contribution in [-0.4, -0.2) is 19.2 Å². The van der Waals surface area contributed by atoms with E-state index in [9.17, 15) is 0 Å². The minimum Gasteiger partial charge on any atom is -0.377 e. The molecule has 1 aliphatic heterocycles. The van der Waals surface area contributed by atoms with Crippen LogP contribution < -0.4 is 5.32 Å². The van der Waals surface area contributed by atoms with Gasteiger partial charge in [-0.2, -0.15) is 5.26 Å². The third-order valence-electron chi connectivity index (χ3n) is 3.37. The Morgan fingerprint density at radius 2 is 2.11 bits per heavy atom. The summed E-state index contributed by atoms with van der Waals surface area (Å²) >= 11 is 0. The average Bonchev–Trinajstić information content (AvgIpc) is 2.45. The van der Waals surface area contributed by atoms with Crippen molar-refractivity contribution in [3.63, 3.8) is 0 Å². The molecule has 18 heavy (non-hydrogen) atoms. The number of nitrogens with zero attached hydrogens (tertiary/aromatic N) is 1. The first-order chi connectivity index (χ1) is 8.88. The van der Waals surface area contributed by atoms with Crippen molar-refractivity contribution >= 4 is 0 Å². The third-order valence-corrected chi connectivity index (χ3v) is 3.37. The fourth-order valence-corrected chi connectivity index (χ4v) is 2.26. The van der Waals surface area contributed by atoms with Crippen LogP contribution in [0, 0.1) is 11.3 Å². The molecule has 1 N–H and O–H groups in total. The van der Waals surface area contributed by atoms with Gasteiger partial charge in [-0.05, 0) is 43.5 Å². The highest BCUT2D eigenvalue weighted by Gasteiger charge is 2.11. The second-order valence-electron chi connectivity index (χ2n) is 4.80. The smallest absolute Gasteiger partial charge is 0.0991 e. The molecule has 0 aliphatic carbocycles. The van der Waals surface area contributed by atoms with Crippen LogP contribution >= 0.6 is 0 Å². The molecule has 1 unspecified atom stereocenters. The SMILES string of the molecule is N#Cc1ccc(COCCC2CCCCN2)cc1. The highest BCUT2D eigenvalue weighted by Crippen LogP contribution is 2.11. The van der Waals surface area contributed by atoms with Gasteiger partial charge >= 0.3 is 0 Å². The van der Waals surface area contributed by atoms with E-state index in [4.69, 9.17) is 10.00 Å². The van der Waals surface area contributed by atoms with Gasteiger partial charge in [-0.15, -0.1) is 0 Å². The van der Waals surface area contributed by atoms with E-state index in [-0.39, 0.29) is 0 Å². The maximum absolute atomic E-state index is 8.70. The van der Waals surface area contributed by atoms with Crippen molar-refractivity contribution in [2.45, 2.75) is 38.3 Å². The number of nitriles is 1. The van der Waals surface area contributed by atoms with Crippen LogP contribution in [0.25, 0.3) is 0 Å². The first-order valence-electron chi connectivity index (χ1n) is 6.68. The number of nitrogens with one attached hydrogen (secondary N) is 1. The first-order valence-corrected chi connectivity index (χ1v) is 6.68. The Kier molecular flexibility index (Phi) is 5.19. The fraction of sp³-hybridized carbons (Fsp3) is 0.533. The molecule has 3 nitrogen and oxygen atoms in total. The fourth-order valence-electron chi connectivity index (χ4n) is 2.26. The molecule has 0 spiro atoms. The van der Waals surface area contributed by atoms with Crippen LogP contribution in [0.2, 0.25) is 0 Å². The zero-order valence-electron chi connectivity index (χ0n) is 10.7. The Labute approximate surface area is 109 Å². The Bertz CT molecular complexity index is 388. The Balaban J connectivity index is 1.63. The average molecular weight is 244 g/mol. The summed E-state index contributed by atoms with van der Waals surface area (Å²) in [6.07, 6.45) is 5.02. The van der Waals surface area contributed by atoms with Gasteiger partial charge in [0.2, 0.25) is 0 Å². The number of hydrogen-bond donors (Lipinski definition) is 1. The van der Waals surface area contributed by atoms with Gasteiger partial charge in [-0.25, -0.2) is 0 Å². The summed E-state index contributed by atoms with van der Waals surface area (Å²) in [4.78, 5) is 0. The van der Waals surface area contributed by atoms with Crippen LogP contribution in [0.1, 0.15) is 36.8 Å². The van der Waals surface area contributed by atoms with Crippen molar-refractivity contribution in [1.29, 1.82) is 5.26 Å². The van der Waals surface area contributed by atoms with Crippen molar-refractivity contribution in [3.8, 4) is 6.07 Å². The predicted octanol–water partition coefficient (Wildman–Crippen LogP) is 2.61. The number of rotatable bonds is 5. The summed E-state index contributed by atoms with van der Waals surface area (Å²) < 4.78 is 5.67. The second kappa shape index (κ2) is 7.15. The van der Waals surface area contributed by atoms with Gasteiger partial charge in [0.1, 0.15) is 0 Å². The molecule has 1 aromatic rings. The van der Waals surface area contributed by atoms with E-state index < -0.39 is 0 Å². The second-order valence-corrected chi connectivity index (χ2v) is 4.80. The summed E-state index contributed by atoms with van der Waals surface area (Å²) in [5.74, 6) is 0. The van der Waals surface area contributed by atoms with E-state index in [0.29, 0.717) is 18.2 Å². The molecule has 1 fully saturated rings. The largest absolute Gasteiger partial charge is 0.377 e. The lowest BCUT2D eigenvalue weighted by molar-refractivity contribution is 0.108. The van der Waals surface area contributed by atoms with Gasteiger partial charge in [0, 0.05) is 12.6 Å². The van der Waals surface area contributed by atoms with Crippen LogP contribution in [0.4, 0.5) is 0 Å². The summed E-state index contributed by atoms with van der Waals surface area (Å²) in [7, 11) is 0. The molecule has 1 saturated heterocycles. The van der Waals surface area contributed by atoms with E-state index in [1.165, 1.54) is 19.3 Å².